The van der Waals surface area contributed by atoms with Gasteiger partial charge in [-0.3, -0.25) is 0 Å². The summed E-state index contributed by atoms with van der Waals surface area (Å²) in [7, 11) is 0. The molecule has 3 nitrogen and oxygen atoms in total. The SMILES string of the molecule is CCCNCc1cc(F)cnc1N1CCC(CC)(CC)C1. The van der Waals surface area contributed by atoms with E-state index in [0.29, 0.717) is 12.0 Å². The number of nitrogens with one attached hydrogen (secondary N) is 1. The van der Waals surface area contributed by atoms with Crippen molar-refractivity contribution in [3.8, 4) is 0 Å². The molecule has 0 saturated carbocycles. The zero-order chi connectivity index (χ0) is 15.3. The lowest BCUT2D eigenvalue weighted by Gasteiger charge is -2.27. The molecule has 0 unspecified atom stereocenters. The molecular formula is C17H28FN3. The van der Waals surface area contributed by atoms with Gasteiger partial charge in [-0.1, -0.05) is 20.8 Å². The van der Waals surface area contributed by atoms with Crippen molar-refractivity contribution in [2.45, 2.75) is 53.0 Å². The van der Waals surface area contributed by atoms with Crippen LogP contribution in [0.25, 0.3) is 0 Å². The number of rotatable bonds is 7. The number of hydrogen-bond acceptors (Lipinski definition) is 3. The minimum atomic E-state index is -0.247. The molecule has 0 radical (unpaired) electrons. The topological polar surface area (TPSA) is 28.2 Å². The van der Waals surface area contributed by atoms with E-state index < -0.39 is 0 Å². The lowest BCUT2D eigenvalue weighted by atomic mass is 9.82. The number of hydrogen-bond donors (Lipinski definition) is 1. The van der Waals surface area contributed by atoms with Crippen LogP contribution in [0.4, 0.5) is 10.2 Å². The summed E-state index contributed by atoms with van der Waals surface area (Å²) < 4.78 is 13.5. The number of nitrogens with zero attached hydrogens (tertiary/aromatic N) is 2. The molecule has 1 aliphatic rings. The monoisotopic (exact) mass is 293 g/mol. The third kappa shape index (κ3) is 3.73. The first-order valence-electron chi connectivity index (χ1n) is 8.24. The predicted molar refractivity (Wildman–Crippen MR) is 86.0 cm³/mol. The summed E-state index contributed by atoms with van der Waals surface area (Å²) in [6, 6.07) is 1.63. The zero-order valence-electron chi connectivity index (χ0n) is 13.6. The van der Waals surface area contributed by atoms with Gasteiger partial charge in [0.15, 0.2) is 0 Å². The highest BCUT2D eigenvalue weighted by molar-refractivity contribution is 5.48. The smallest absolute Gasteiger partial charge is 0.141 e. The molecule has 0 spiro atoms. The number of anilines is 1. The van der Waals surface area contributed by atoms with E-state index in [-0.39, 0.29) is 5.82 Å². The van der Waals surface area contributed by atoms with Gasteiger partial charge in [-0.05, 0) is 43.7 Å². The molecule has 0 bridgehead atoms. The standard InChI is InChI=1S/C17H28FN3/c1-4-8-19-11-14-10-15(18)12-20-16(14)21-9-7-17(5-2,6-3)13-21/h10,12,19H,4-9,11,13H2,1-3H3. The van der Waals surface area contributed by atoms with Crippen LogP contribution in [0.5, 0.6) is 0 Å². The van der Waals surface area contributed by atoms with Crippen molar-refractivity contribution in [3.05, 3.63) is 23.6 Å². The van der Waals surface area contributed by atoms with Crippen LogP contribution in [-0.4, -0.2) is 24.6 Å². The maximum absolute atomic E-state index is 13.5. The van der Waals surface area contributed by atoms with Crippen molar-refractivity contribution in [1.82, 2.24) is 10.3 Å². The Balaban J connectivity index is 2.15. The van der Waals surface area contributed by atoms with E-state index in [4.69, 9.17) is 0 Å². The van der Waals surface area contributed by atoms with E-state index in [1.165, 1.54) is 25.5 Å². The molecule has 1 aromatic rings. The van der Waals surface area contributed by atoms with Gasteiger partial charge >= 0.3 is 0 Å². The molecule has 1 N–H and O–H groups in total. The quantitative estimate of drug-likeness (QED) is 0.776. The molecule has 2 heterocycles. The van der Waals surface area contributed by atoms with E-state index in [2.05, 4.69) is 36.0 Å². The third-order valence-corrected chi connectivity index (χ3v) is 4.89. The van der Waals surface area contributed by atoms with Crippen molar-refractivity contribution < 1.29 is 4.39 Å². The largest absolute Gasteiger partial charge is 0.356 e. The van der Waals surface area contributed by atoms with Crippen LogP contribution >= 0.6 is 0 Å². The van der Waals surface area contributed by atoms with Crippen molar-refractivity contribution >= 4 is 5.82 Å². The van der Waals surface area contributed by atoms with Crippen LogP contribution in [0, 0.1) is 11.2 Å². The van der Waals surface area contributed by atoms with Gasteiger partial charge in [0, 0.05) is 25.2 Å². The van der Waals surface area contributed by atoms with Gasteiger partial charge in [0.05, 0.1) is 6.20 Å². The Hall–Kier alpha value is -1.16. The molecule has 1 aliphatic heterocycles. The van der Waals surface area contributed by atoms with Gasteiger partial charge in [-0.2, -0.15) is 0 Å². The first-order valence-corrected chi connectivity index (χ1v) is 8.24. The second-order valence-corrected chi connectivity index (χ2v) is 6.19. The molecule has 0 atom stereocenters. The molecule has 0 amide bonds. The van der Waals surface area contributed by atoms with Crippen LogP contribution in [0.2, 0.25) is 0 Å². The fraction of sp³-hybridized carbons (Fsp3) is 0.706. The average molecular weight is 293 g/mol. The van der Waals surface area contributed by atoms with E-state index in [1.807, 2.05) is 0 Å². The molecule has 21 heavy (non-hydrogen) atoms. The first kappa shape index (κ1) is 16.2. The lowest BCUT2D eigenvalue weighted by Crippen LogP contribution is -2.28. The van der Waals surface area contributed by atoms with Crippen LogP contribution < -0.4 is 10.2 Å². The average Bonchev–Trinajstić information content (AvgIpc) is 2.93. The van der Waals surface area contributed by atoms with Crippen LogP contribution in [0.1, 0.15) is 52.0 Å². The fourth-order valence-electron chi connectivity index (χ4n) is 3.23. The maximum atomic E-state index is 13.5. The molecule has 2 rings (SSSR count). The second kappa shape index (κ2) is 7.21. The zero-order valence-corrected chi connectivity index (χ0v) is 13.6. The Bertz CT molecular complexity index is 457. The molecule has 0 aromatic carbocycles. The number of aromatic nitrogens is 1. The second-order valence-electron chi connectivity index (χ2n) is 6.19. The van der Waals surface area contributed by atoms with E-state index >= 15 is 0 Å². The normalized spacial score (nSPS) is 17.4. The van der Waals surface area contributed by atoms with Gasteiger partial charge < -0.3 is 10.2 Å². The Morgan fingerprint density at radius 1 is 1.33 bits per heavy atom. The summed E-state index contributed by atoms with van der Waals surface area (Å²) in [5, 5.41) is 3.36. The van der Waals surface area contributed by atoms with Gasteiger partial charge in [-0.15, -0.1) is 0 Å². The van der Waals surface area contributed by atoms with Crippen molar-refractivity contribution in [3.63, 3.8) is 0 Å². The minimum absolute atomic E-state index is 0.247. The summed E-state index contributed by atoms with van der Waals surface area (Å²) in [5.41, 5.74) is 1.39. The molecule has 1 aromatic heterocycles. The molecule has 1 fully saturated rings. The summed E-state index contributed by atoms with van der Waals surface area (Å²) in [5.74, 6) is 0.715. The molecule has 4 heteroatoms. The number of halogens is 1. The summed E-state index contributed by atoms with van der Waals surface area (Å²) >= 11 is 0. The Kier molecular flexibility index (Phi) is 5.57. The summed E-state index contributed by atoms with van der Waals surface area (Å²) in [6.07, 6.45) is 6.03. The lowest BCUT2D eigenvalue weighted by molar-refractivity contribution is 0.301. The highest BCUT2D eigenvalue weighted by Gasteiger charge is 2.36. The summed E-state index contributed by atoms with van der Waals surface area (Å²) in [6.45, 7) is 10.4. The Labute approximate surface area is 127 Å². The maximum Gasteiger partial charge on any atom is 0.141 e. The van der Waals surface area contributed by atoms with Gasteiger partial charge in [0.25, 0.3) is 0 Å². The van der Waals surface area contributed by atoms with Gasteiger partial charge in [0.2, 0.25) is 0 Å². The van der Waals surface area contributed by atoms with Crippen LogP contribution in [0.3, 0.4) is 0 Å². The predicted octanol–water partition coefficient (Wildman–Crippen LogP) is 3.74. The van der Waals surface area contributed by atoms with E-state index in [1.54, 1.807) is 6.07 Å². The first-order chi connectivity index (χ1) is 10.1. The molecular weight excluding hydrogens is 265 g/mol. The fourth-order valence-corrected chi connectivity index (χ4v) is 3.23. The molecule has 118 valence electrons. The minimum Gasteiger partial charge on any atom is -0.356 e. The summed E-state index contributed by atoms with van der Waals surface area (Å²) in [4.78, 5) is 6.73. The van der Waals surface area contributed by atoms with Crippen molar-refractivity contribution in [1.29, 1.82) is 0 Å². The van der Waals surface area contributed by atoms with E-state index in [0.717, 1.165) is 37.4 Å². The van der Waals surface area contributed by atoms with E-state index in [9.17, 15) is 4.39 Å². The van der Waals surface area contributed by atoms with Crippen LogP contribution in [0.15, 0.2) is 12.3 Å². The van der Waals surface area contributed by atoms with Gasteiger partial charge in [-0.25, -0.2) is 9.37 Å². The molecule has 1 saturated heterocycles. The Morgan fingerprint density at radius 3 is 2.71 bits per heavy atom. The van der Waals surface area contributed by atoms with Crippen molar-refractivity contribution in [2.24, 2.45) is 5.41 Å². The van der Waals surface area contributed by atoms with Crippen molar-refractivity contribution in [2.75, 3.05) is 24.5 Å². The highest BCUT2D eigenvalue weighted by Crippen LogP contribution is 2.39. The molecule has 0 aliphatic carbocycles. The highest BCUT2D eigenvalue weighted by atomic mass is 19.1. The Morgan fingerprint density at radius 2 is 2.10 bits per heavy atom. The van der Waals surface area contributed by atoms with Crippen LogP contribution in [-0.2, 0) is 6.54 Å². The van der Waals surface area contributed by atoms with Gasteiger partial charge in [0.1, 0.15) is 11.6 Å². The third-order valence-electron chi connectivity index (χ3n) is 4.89. The number of pyridine rings is 1.